The number of β-lactam (4-membered cyclic amide) rings is 1. The minimum atomic E-state index is -0.788. The van der Waals surface area contributed by atoms with Gasteiger partial charge in [-0.25, -0.2) is 9.78 Å². The van der Waals surface area contributed by atoms with E-state index in [1.807, 2.05) is 43.3 Å². The maximum atomic E-state index is 12.6. The number of carbonyl (C=O) groups excluding carboxylic acids is 2. The van der Waals surface area contributed by atoms with E-state index in [1.54, 1.807) is 30.0 Å². The summed E-state index contributed by atoms with van der Waals surface area (Å²) in [6, 6.07) is 7.72. The van der Waals surface area contributed by atoms with Gasteiger partial charge in [-0.3, -0.25) is 4.79 Å². The SMILES string of the molecule is [B]N=POC(=O)C1=C(/C=C/CSc2nc3ccccc3s2)[C@H](C)C2C(C(C)O)C(=O)N12. The lowest BCUT2D eigenvalue weighted by atomic mass is 9.78. The molecule has 158 valence electrons. The predicted octanol–water partition coefficient (Wildman–Crippen LogP) is 3.73. The molecule has 4 rings (SSSR count). The quantitative estimate of drug-likeness (QED) is 0.287. The third-order valence-electron chi connectivity index (χ3n) is 5.46. The molecule has 3 heterocycles. The van der Waals surface area contributed by atoms with Gasteiger partial charge in [-0.1, -0.05) is 43.0 Å². The summed E-state index contributed by atoms with van der Waals surface area (Å²) in [5.74, 6) is -0.909. The first kappa shape index (κ1) is 22.2. The summed E-state index contributed by atoms with van der Waals surface area (Å²) in [7, 11) is 5.03. The van der Waals surface area contributed by atoms with E-state index >= 15 is 0 Å². The molecule has 1 N–H and O–H groups in total. The molecule has 11 heteroatoms. The molecule has 0 aliphatic carbocycles. The molecule has 1 saturated heterocycles. The summed E-state index contributed by atoms with van der Waals surface area (Å²) in [6.45, 7) is 3.55. The Kier molecular flexibility index (Phi) is 6.62. The maximum Gasteiger partial charge on any atom is 0.364 e. The largest absolute Gasteiger partial charge is 0.393 e. The number of hydrogen-bond acceptors (Lipinski definition) is 8. The van der Waals surface area contributed by atoms with Gasteiger partial charge in [0.05, 0.1) is 28.3 Å². The average molecular weight is 471 g/mol. The fraction of sp³-hybridized carbons (Fsp3) is 0.350. The van der Waals surface area contributed by atoms with E-state index in [2.05, 4.69) is 9.64 Å². The van der Waals surface area contributed by atoms with Crippen molar-refractivity contribution in [1.29, 1.82) is 0 Å². The van der Waals surface area contributed by atoms with Crippen molar-refractivity contribution in [2.24, 2.45) is 16.5 Å². The Morgan fingerprint density at radius 2 is 2.29 bits per heavy atom. The van der Waals surface area contributed by atoms with Gasteiger partial charge in [-0.15, -0.1) is 11.3 Å². The number of carbonyl (C=O) groups is 2. The van der Waals surface area contributed by atoms with Crippen LogP contribution in [0.5, 0.6) is 0 Å². The standard InChI is InChI=1S/C20H19BN3O4PS2/c1-10-12(6-5-9-30-20-22-13-7-3-4-8-14(13)31-20)17(19(27)28-29-23-21)24-16(10)15(11(2)25)18(24)26/h3-8,10-11,15-16,25H,9H2,1-2H3/b6-5+/t10-,11?,15?,16?/m0/s1. The van der Waals surface area contributed by atoms with Crippen LogP contribution < -0.4 is 0 Å². The van der Waals surface area contributed by atoms with Crippen LogP contribution in [0.2, 0.25) is 0 Å². The van der Waals surface area contributed by atoms with Crippen LogP contribution in [0.25, 0.3) is 10.2 Å². The number of aromatic nitrogens is 1. The highest BCUT2D eigenvalue weighted by molar-refractivity contribution is 8.01. The monoisotopic (exact) mass is 471 g/mol. The summed E-state index contributed by atoms with van der Waals surface area (Å²) in [4.78, 5) is 31.3. The van der Waals surface area contributed by atoms with Crippen LogP contribution in [-0.2, 0) is 14.1 Å². The van der Waals surface area contributed by atoms with E-state index in [-0.39, 0.29) is 32.2 Å². The molecule has 2 aliphatic heterocycles. The van der Waals surface area contributed by atoms with Gasteiger partial charge in [0.15, 0.2) is 4.34 Å². The van der Waals surface area contributed by atoms with Crippen molar-refractivity contribution >= 4 is 61.8 Å². The van der Waals surface area contributed by atoms with E-state index < -0.39 is 18.0 Å². The molecule has 1 fully saturated rings. The summed E-state index contributed by atoms with van der Waals surface area (Å²) >= 11 is 3.24. The smallest absolute Gasteiger partial charge is 0.364 e. The van der Waals surface area contributed by atoms with Crippen LogP contribution in [0.15, 0.2) is 56.7 Å². The molecule has 1 aromatic carbocycles. The Morgan fingerprint density at radius 1 is 1.52 bits per heavy atom. The second kappa shape index (κ2) is 9.24. The lowest BCUT2D eigenvalue weighted by Gasteiger charge is -2.46. The van der Waals surface area contributed by atoms with Crippen molar-refractivity contribution in [2.45, 2.75) is 30.3 Å². The van der Waals surface area contributed by atoms with Gasteiger partial charge < -0.3 is 19.2 Å². The Balaban J connectivity index is 1.53. The summed E-state index contributed by atoms with van der Waals surface area (Å²) in [6.07, 6.45) is 3.03. The van der Waals surface area contributed by atoms with Crippen molar-refractivity contribution in [3.8, 4) is 0 Å². The first-order valence-corrected chi connectivity index (χ1v) is 12.2. The van der Waals surface area contributed by atoms with E-state index in [4.69, 9.17) is 12.5 Å². The van der Waals surface area contributed by atoms with Crippen LogP contribution in [-0.4, -0.2) is 52.7 Å². The number of benzene rings is 1. The van der Waals surface area contributed by atoms with Crippen LogP contribution in [0.1, 0.15) is 13.8 Å². The number of rotatable bonds is 7. The van der Waals surface area contributed by atoms with Crippen molar-refractivity contribution in [3.05, 3.63) is 47.7 Å². The second-order valence-corrected chi connectivity index (χ2v) is 10.2. The number of amides is 1. The number of nitrogens with zero attached hydrogens (tertiary/aromatic N) is 3. The zero-order valence-corrected chi connectivity index (χ0v) is 19.4. The molecule has 4 atom stereocenters. The highest BCUT2D eigenvalue weighted by Crippen LogP contribution is 2.48. The average Bonchev–Trinajstić information content (AvgIpc) is 3.26. The Morgan fingerprint density at radius 3 is 3.00 bits per heavy atom. The number of thiazole rings is 1. The van der Waals surface area contributed by atoms with Gasteiger partial charge >= 0.3 is 5.97 Å². The summed E-state index contributed by atoms with van der Waals surface area (Å²) < 4.78 is 10.4. The third-order valence-corrected chi connectivity index (χ3v) is 7.94. The van der Waals surface area contributed by atoms with Gasteiger partial charge in [0.25, 0.3) is 7.98 Å². The number of aliphatic hydroxyl groups is 1. The number of aliphatic hydroxyl groups excluding tert-OH is 1. The highest BCUT2D eigenvalue weighted by Gasteiger charge is 2.59. The molecule has 0 saturated carbocycles. The Hall–Kier alpha value is -2.00. The van der Waals surface area contributed by atoms with Crippen LogP contribution in [0, 0.1) is 11.8 Å². The number of hydrogen-bond donors (Lipinski definition) is 1. The van der Waals surface area contributed by atoms with Gasteiger partial charge in [0.2, 0.25) is 14.5 Å². The molecule has 0 spiro atoms. The van der Waals surface area contributed by atoms with Crippen molar-refractivity contribution in [1.82, 2.24) is 9.88 Å². The van der Waals surface area contributed by atoms with Crippen molar-refractivity contribution in [2.75, 3.05) is 5.75 Å². The van der Waals surface area contributed by atoms with Gasteiger partial charge in [-0.2, -0.15) is 0 Å². The number of fused-ring (bicyclic) bond motifs is 2. The second-order valence-electron chi connectivity index (χ2n) is 7.29. The zero-order chi connectivity index (χ0) is 22.1. The topological polar surface area (TPSA) is 92.1 Å². The molecule has 1 aromatic heterocycles. The summed E-state index contributed by atoms with van der Waals surface area (Å²) in [5, 5.41) is 10.0. The van der Waals surface area contributed by atoms with Gasteiger partial charge in [0, 0.05) is 11.7 Å². The molecule has 2 radical (unpaired) electrons. The zero-order valence-electron chi connectivity index (χ0n) is 16.8. The predicted molar refractivity (Wildman–Crippen MR) is 123 cm³/mol. The molecular formula is C20H19BN3O4PS2. The molecule has 31 heavy (non-hydrogen) atoms. The Labute approximate surface area is 191 Å². The normalized spacial score (nSPS) is 24.3. The minimum Gasteiger partial charge on any atom is -0.393 e. The first-order chi connectivity index (χ1) is 14.9. The molecule has 2 aromatic rings. The molecule has 7 nitrogen and oxygen atoms in total. The molecule has 3 unspecified atom stereocenters. The fourth-order valence-electron chi connectivity index (χ4n) is 4.11. The third kappa shape index (κ3) is 4.10. The minimum absolute atomic E-state index is 0.0340. The lowest BCUT2D eigenvalue weighted by Crippen LogP contribution is -2.63. The summed E-state index contributed by atoms with van der Waals surface area (Å²) in [5.41, 5.74) is 1.90. The Bertz CT molecular complexity index is 1080. The van der Waals surface area contributed by atoms with Crippen molar-refractivity contribution < 1.29 is 19.2 Å². The highest BCUT2D eigenvalue weighted by atomic mass is 32.2. The lowest BCUT2D eigenvalue weighted by molar-refractivity contribution is -0.162. The number of thioether (sulfide) groups is 1. The molecular weight excluding hydrogens is 452 g/mol. The molecule has 1 amide bonds. The fourth-order valence-corrected chi connectivity index (χ4v) is 6.23. The number of allylic oxidation sites excluding steroid dienone is 1. The van der Waals surface area contributed by atoms with Crippen LogP contribution >= 0.6 is 31.7 Å². The van der Waals surface area contributed by atoms with E-state index in [0.29, 0.717) is 11.3 Å². The molecule has 2 aliphatic rings. The van der Waals surface area contributed by atoms with Crippen molar-refractivity contribution in [3.63, 3.8) is 0 Å². The van der Waals surface area contributed by atoms with Crippen LogP contribution in [0.3, 0.4) is 0 Å². The number of para-hydroxylation sites is 1. The van der Waals surface area contributed by atoms with Gasteiger partial charge in [0.1, 0.15) is 5.70 Å². The van der Waals surface area contributed by atoms with E-state index in [1.165, 1.54) is 4.90 Å². The van der Waals surface area contributed by atoms with E-state index in [0.717, 1.165) is 14.6 Å². The first-order valence-electron chi connectivity index (χ1n) is 9.65. The van der Waals surface area contributed by atoms with Gasteiger partial charge in [-0.05, 0) is 24.6 Å². The van der Waals surface area contributed by atoms with Crippen LogP contribution in [0.4, 0.5) is 0 Å². The maximum absolute atomic E-state index is 12.6. The van der Waals surface area contributed by atoms with E-state index in [9.17, 15) is 14.7 Å². The molecule has 0 bridgehead atoms.